The van der Waals surface area contributed by atoms with Gasteiger partial charge in [0.15, 0.2) is 5.96 Å². The van der Waals surface area contributed by atoms with E-state index in [0.29, 0.717) is 18.5 Å². The quantitative estimate of drug-likeness (QED) is 0.547. The van der Waals surface area contributed by atoms with Crippen LogP contribution in [0.25, 0.3) is 0 Å². The lowest BCUT2D eigenvalue weighted by Gasteiger charge is -2.37. The van der Waals surface area contributed by atoms with Gasteiger partial charge in [0.1, 0.15) is 5.01 Å². The molecule has 0 bridgehead atoms. The lowest BCUT2D eigenvalue weighted by Crippen LogP contribution is -2.53. The van der Waals surface area contributed by atoms with Crippen LogP contribution in [0.15, 0.2) is 11.2 Å². The van der Waals surface area contributed by atoms with Gasteiger partial charge in [-0.05, 0) is 20.3 Å². The molecule has 0 aliphatic carbocycles. The molecule has 3 heterocycles. The predicted octanol–water partition coefficient (Wildman–Crippen LogP) is 1.24. The maximum absolute atomic E-state index is 5.65. The molecule has 3 rings (SSSR count). The molecular weight excluding hydrogens is 350 g/mol. The molecule has 0 saturated carbocycles. The van der Waals surface area contributed by atoms with Crippen LogP contribution in [0.3, 0.4) is 0 Å². The second-order valence-electron chi connectivity index (χ2n) is 6.78. The van der Waals surface area contributed by atoms with Crippen molar-refractivity contribution in [1.29, 1.82) is 0 Å². The monoisotopic (exact) mass is 381 g/mol. The van der Waals surface area contributed by atoms with Crippen LogP contribution in [0.2, 0.25) is 0 Å². The molecule has 2 N–H and O–H groups in total. The number of guanidine groups is 1. The zero-order valence-electron chi connectivity index (χ0n) is 15.9. The van der Waals surface area contributed by atoms with Crippen LogP contribution < -0.4 is 10.6 Å². The fourth-order valence-electron chi connectivity index (χ4n) is 3.52. The molecule has 2 saturated heterocycles. The van der Waals surface area contributed by atoms with E-state index in [2.05, 4.69) is 34.4 Å². The van der Waals surface area contributed by atoms with E-state index in [9.17, 15) is 0 Å². The Bertz CT molecular complexity index is 568. The highest BCUT2D eigenvalue weighted by atomic mass is 32.1. The van der Waals surface area contributed by atoms with Crippen molar-refractivity contribution in [2.24, 2.45) is 10.9 Å². The van der Waals surface area contributed by atoms with E-state index in [-0.39, 0.29) is 0 Å². The highest BCUT2D eigenvalue weighted by Crippen LogP contribution is 2.21. The van der Waals surface area contributed by atoms with Crippen molar-refractivity contribution in [3.8, 4) is 0 Å². The molecule has 146 valence electrons. The lowest BCUT2D eigenvalue weighted by molar-refractivity contribution is 0.00246. The Morgan fingerprint density at radius 1 is 1.35 bits per heavy atom. The number of hydrogen-bond acceptors (Lipinski definition) is 6. The summed E-state index contributed by atoms with van der Waals surface area (Å²) < 4.78 is 11.2. The number of rotatable bonds is 7. The molecule has 2 aliphatic rings. The Labute approximate surface area is 160 Å². The summed E-state index contributed by atoms with van der Waals surface area (Å²) in [5.74, 6) is 1.43. The normalized spacial score (nSPS) is 23.2. The van der Waals surface area contributed by atoms with Crippen molar-refractivity contribution >= 4 is 17.3 Å². The molecule has 1 aromatic rings. The van der Waals surface area contributed by atoms with E-state index in [1.807, 2.05) is 6.20 Å². The van der Waals surface area contributed by atoms with Gasteiger partial charge in [0.05, 0.1) is 26.4 Å². The van der Waals surface area contributed by atoms with Crippen molar-refractivity contribution in [2.75, 3.05) is 52.6 Å². The van der Waals surface area contributed by atoms with Gasteiger partial charge >= 0.3 is 0 Å². The molecule has 0 radical (unpaired) electrons. The molecule has 1 aromatic heterocycles. The minimum absolute atomic E-state index is 0.451. The van der Waals surface area contributed by atoms with Crippen molar-refractivity contribution in [3.05, 3.63) is 16.1 Å². The SMILES string of the molecule is CCNC(=NCc1ncc(C)s1)NCC(C1CCOC1)N1CCOCC1. The summed E-state index contributed by atoms with van der Waals surface area (Å²) in [5.41, 5.74) is 0. The van der Waals surface area contributed by atoms with Crippen LogP contribution in [0.4, 0.5) is 0 Å². The van der Waals surface area contributed by atoms with Gasteiger partial charge in [0, 0.05) is 55.8 Å². The highest BCUT2D eigenvalue weighted by Gasteiger charge is 2.31. The fourth-order valence-corrected chi connectivity index (χ4v) is 4.24. The first-order chi connectivity index (χ1) is 12.8. The van der Waals surface area contributed by atoms with Gasteiger partial charge in [0.2, 0.25) is 0 Å². The minimum Gasteiger partial charge on any atom is -0.381 e. The number of aromatic nitrogens is 1. The Morgan fingerprint density at radius 3 is 2.85 bits per heavy atom. The van der Waals surface area contributed by atoms with Crippen molar-refractivity contribution < 1.29 is 9.47 Å². The number of thiazole rings is 1. The van der Waals surface area contributed by atoms with Gasteiger partial charge in [0.25, 0.3) is 0 Å². The first-order valence-corrected chi connectivity index (χ1v) is 10.4. The maximum atomic E-state index is 5.65. The number of nitrogens with one attached hydrogen (secondary N) is 2. The summed E-state index contributed by atoms with van der Waals surface area (Å²) in [6, 6.07) is 0.451. The van der Waals surface area contributed by atoms with Crippen LogP contribution in [-0.2, 0) is 16.0 Å². The zero-order chi connectivity index (χ0) is 18.2. The largest absolute Gasteiger partial charge is 0.381 e. The highest BCUT2D eigenvalue weighted by molar-refractivity contribution is 7.11. The second kappa shape index (κ2) is 10.2. The second-order valence-corrected chi connectivity index (χ2v) is 8.10. The van der Waals surface area contributed by atoms with E-state index in [1.165, 1.54) is 4.88 Å². The molecule has 8 heteroatoms. The maximum Gasteiger partial charge on any atom is 0.191 e. The van der Waals surface area contributed by atoms with E-state index in [4.69, 9.17) is 14.5 Å². The third-order valence-corrected chi connectivity index (χ3v) is 5.79. The first kappa shape index (κ1) is 19.5. The first-order valence-electron chi connectivity index (χ1n) is 9.59. The fraction of sp³-hybridized carbons (Fsp3) is 0.778. The van der Waals surface area contributed by atoms with Gasteiger partial charge in [-0.15, -0.1) is 11.3 Å². The van der Waals surface area contributed by atoms with Crippen molar-refractivity contribution in [2.45, 2.75) is 32.9 Å². The summed E-state index contributed by atoms with van der Waals surface area (Å²) in [7, 11) is 0. The molecule has 0 aromatic carbocycles. The van der Waals surface area contributed by atoms with Gasteiger partial charge in [-0.25, -0.2) is 9.98 Å². The predicted molar refractivity (Wildman–Crippen MR) is 105 cm³/mol. The van der Waals surface area contributed by atoms with Gasteiger partial charge < -0.3 is 20.1 Å². The Balaban J connectivity index is 1.60. The molecule has 2 aliphatic heterocycles. The average Bonchev–Trinajstić information content (AvgIpc) is 3.33. The molecule has 26 heavy (non-hydrogen) atoms. The molecule has 0 spiro atoms. The average molecular weight is 382 g/mol. The van der Waals surface area contributed by atoms with Crippen molar-refractivity contribution in [3.63, 3.8) is 0 Å². The molecule has 2 unspecified atom stereocenters. The van der Waals surface area contributed by atoms with E-state index in [0.717, 1.165) is 70.0 Å². The summed E-state index contributed by atoms with van der Waals surface area (Å²) >= 11 is 1.70. The zero-order valence-corrected chi connectivity index (χ0v) is 16.7. The minimum atomic E-state index is 0.451. The molecule has 2 atom stereocenters. The standard InChI is InChI=1S/C18H31N5O2S/c1-3-19-18(22-12-17-20-10-14(2)26-17)21-11-16(15-4-7-25-13-15)23-5-8-24-9-6-23/h10,15-16H,3-9,11-13H2,1-2H3,(H2,19,21,22). The van der Waals surface area contributed by atoms with Crippen LogP contribution in [-0.4, -0.2) is 74.5 Å². The van der Waals surface area contributed by atoms with Gasteiger partial charge in [-0.3, -0.25) is 4.90 Å². The summed E-state index contributed by atoms with van der Waals surface area (Å²) in [4.78, 5) is 12.9. The summed E-state index contributed by atoms with van der Waals surface area (Å²) in [6.45, 7) is 11.9. The molecule has 2 fully saturated rings. The van der Waals surface area contributed by atoms with E-state index >= 15 is 0 Å². The van der Waals surface area contributed by atoms with Crippen molar-refractivity contribution in [1.82, 2.24) is 20.5 Å². The number of nitrogens with zero attached hydrogens (tertiary/aromatic N) is 3. The number of morpholine rings is 1. The van der Waals surface area contributed by atoms with E-state index in [1.54, 1.807) is 11.3 Å². The smallest absolute Gasteiger partial charge is 0.191 e. The summed E-state index contributed by atoms with van der Waals surface area (Å²) in [5, 5.41) is 7.95. The molecular formula is C18H31N5O2S. The lowest BCUT2D eigenvalue weighted by atomic mass is 9.97. The van der Waals surface area contributed by atoms with Crippen LogP contribution in [0.1, 0.15) is 23.2 Å². The van der Waals surface area contributed by atoms with Crippen LogP contribution >= 0.6 is 11.3 Å². The Hall–Kier alpha value is -1.22. The third kappa shape index (κ3) is 5.64. The molecule has 0 amide bonds. The summed E-state index contributed by atoms with van der Waals surface area (Å²) in [6.07, 6.45) is 3.04. The number of ether oxygens (including phenoxy) is 2. The van der Waals surface area contributed by atoms with Crippen LogP contribution in [0.5, 0.6) is 0 Å². The Kier molecular flexibility index (Phi) is 7.67. The van der Waals surface area contributed by atoms with Gasteiger partial charge in [-0.1, -0.05) is 0 Å². The third-order valence-electron chi connectivity index (χ3n) is 4.89. The molecule has 7 nitrogen and oxygen atoms in total. The van der Waals surface area contributed by atoms with Gasteiger partial charge in [-0.2, -0.15) is 0 Å². The number of aryl methyl sites for hydroxylation is 1. The Morgan fingerprint density at radius 2 is 2.19 bits per heavy atom. The number of aliphatic imine (C=N–C) groups is 1. The van der Waals surface area contributed by atoms with E-state index < -0.39 is 0 Å². The topological polar surface area (TPSA) is 71.0 Å². The number of hydrogen-bond donors (Lipinski definition) is 2. The van der Waals surface area contributed by atoms with Crippen LogP contribution in [0, 0.1) is 12.8 Å².